The van der Waals surface area contributed by atoms with Crippen molar-refractivity contribution in [2.45, 2.75) is 18.8 Å². The van der Waals surface area contributed by atoms with Gasteiger partial charge in [-0.3, -0.25) is 0 Å². The van der Waals surface area contributed by atoms with Crippen LogP contribution in [0.4, 0.5) is 0 Å². The summed E-state index contributed by atoms with van der Waals surface area (Å²) in [6.07, 6.45) is 5.99. The van der Waals surface area contributed by atoms with Gasteiger partial charge in [0.1, 0.15) is 5.01 Å². The summed E-state index contributed by atoms with van der Waals surface area (Å²) < 4.78 is 3.66. The zero-order chi connectivity index (χ0) is 15.4. The van der Waals surface area contributed by atoms with Gasteiger partial charge in [0, 0.05) is 23.9 Å². The molecule has 1 fully saturated rings. The Morgan fingerprint density at radius 2 is 2.13 bits per heavy atom. The number of rotatable bonds is 3. The highest BCUT2D eigenvalue weighted by molar-refractivity contribution is 7.19. The number of benzene rings is 1. The first-order valence-corrected chi connectivity index (χ1v) is 8.51. The van der Waals surface area contributed by atoms with E-state index in [0.29, 0.717) is 10.9 Å². The molecule has 1 saturated carbocycles. The Balaban J connectivity index is 1.64. The van der Waals surface area contributed by atoms with Gasteiger partial charge in [0.15, 0.2) is 5.82 Å². The largest absolute Gasteiger partial charge is 0.241 e. The van der Waals surface area contributed by atoms with Crippen LogP contribution in [-0.4, -0.2) is 29.6 Å². The van der Waals surface area contributed by atoms with Crippen LogP contribution in [0.15, 0.2) is 36.7 Å². The summed E-state index contributed by atoms with van der Waals surface area (Å²) in [7, 11) is 0. The second-order valence-electron chi connectivity index (χ2n) is 5.55. The van der Waals surface area contributed by atoms with Gasteiger partial charge >= 0.3 is 0 Å². The molecule has 1 aromatic carbocycles. The third-order valence-corrected chi connectivity index (χ3v) is 5.17. The average Bonchev–Trinajstić information content (AvgIpc) is 2.99. The van der Waals surface area contributed by atoms with Crippen molar-refractivity contribution in [3.05, 3.63) is 47.5 Å². The Morgan fingerprint density at radius 3 is 2.91 bits per heavy atom. The SMILES string of the molecule is Clc1ccc(-n2cccn2)cc1-c1nn2c(C3CC3)nnc2s1. The molecular formula is C15H11ClN6S. The lowest BCUT2D eigenvalue weighted by molar-refractivity contribution is 0.828. The highest BCUT2D eigenvalue weighted by atomic mass is 35.5. The van der Waals surface area contributed by atoms with Crippen LogP contribution in [0.1, 0.15) is 24.6 Å². The second kappa shape index (κ2) is 4.87. The van der Waals surface area contributed by atoms with E-state index in [4.69, 9.17) is 11.6 Å². The Morgan fingerprint density at radius 1 is 1.22 bits per heavy atom. The Hall–Kier alpha value is -2.25. The summed E-state index contributed by atoms with van der Waals surface area (Å²) in [5.74, 6) is 1.47. The van der Waals surface area contributed by atoms with Gasteiger partial charge in [-0.15, -0.1) is 10.2 Å². The minimum Gasteiger partial charge on any atom is -0.241 e. The van der Waals surface area contributed by atoms with E-state index in [2.05, 4.69) is 20.4 Å². The van der Waals surface area contributed by atoms with Crippen molar-refractivity contribution < 1.29 is 0 Å². The van der Waals surface area contributed by atoms with E-state index in [-0.39, 0.29) is 0 Å². The van der Waals surface area contributed by atoms with Crippen LogP contribution < -0.4 is 0 Å². The molecular weight excluding hydrogens is 332 g/mol. The lowest BCUT2D eigenvalue weighted by Gasteiger charge is -2.05. The van der Waals surface area contributed by atoms with E-state index in [9.17, 15) is 0 Å². The summed E-state index contributed by atoms with van der Waals surface area (Å²) in [5.41, 5.74) is 1.83. The fraction of sp³-hybridized carbons (Fsp3) is 0.200. The van der Waals surface area contributed by atoms with Crippen molar-refractivity contribution in [2.75, 3.05) is 0 Å². The van der Waals surface area contributed by atoms with Crippen LogP contribution in [-0.2, 0) is 0 Å². The van der Waals surface area contributed by atoms with E-state index >= 15 is 0 Å². The molecule has 0 unspecified atom stereocenters. The van der Waals surface area contributed by atoms with Gasteiger partial charge in [-0.2, -0.15) is 14.7 Å². The molecule has 23 heavy (non-hydrogen) atoms. The summed E-state index contributed by atoms with van der Waals surface area (Å²) in [6, 6.07) is 7.70. The number of hydrogen-bond donors (Lipinski definition) is 0. The lowest BCUT2D eigenvalue weighted by Crippen LogP contribution is -1.96. The van der Waals surface area contributed by atoms with Crippen molar-refractivity contribution in [3.8, 4) is 16.3 Å². The smallest absolute Gasteiger partial charge is 0.234 e. The summed E-state index contributed by atoms with van der Waals surface area (Å²) >= 11 is 7.89. The molecule has 1 aliphatic carbocycles. The van der Waals surface area contributed by atoms with E-state index in [1.807, 2.05) is 35.0 Å². The molecule has 0 amide bonds. The topological polar surface area (TPSA) is 60.9 Å². The van der Waals surface area contributed by atoms with E-state index < -0.39 is 0 Å². The van der Waals surface area contributed by atoms with Gasteiger partial charge < -0.3 is 0 Å². The lowest BCUT2D eigenvalue weighted by atomic mass is 10.2. The highest BCUT2D eigenvalue weighted by Crippen LogP contribution is 2.40. The Bertz CT molecular complexity index is 999. The van der Waals surface area contributed by atoms with Crippen molar-refractivity contribution in [1.82, 2.24) is 29.6 Å². The predicted octanol–water partition coefficient (Wildman–Crippen LogP) is 3.57. The standard InChI is InChI=1S/C15H11ClN6S/c16-12-5-4-10(21-7-1-6-17-21)8-11(12)14-20-22-13(9-2-3-9)18-19-15(22)23-14/h1,4-9H,2-3H2. The van der Waals surface area contributed by atoms with Crippen molar-refractivity contribution in [2.24, 2.45) is 0 Å². The van der Waals surface area contributed by atoms with Crippen LogP contribution in [0.3, 0.4) is 0 Å². The summed E-state index contributed by atoms with van der Waals surface area (Å²) in [5, 5.41) is 18.9. The van der Waals surface area contributed by atoms with Crippen molar-refractivity contribution in [3.63, 3.8) is 0 Å². The molecule has 0 atom stereocenters. The van der Waals surface area contributed by atoms with Crippen LogP contribution >= 0.6 is 22.9 Å². The molecule has 8 heteroatoms. The van der Waals surface area contributed by atoms with Crippen molar-refractivity contribution in [1.29, 1.82) is 0 Å². The van der Waals surface area contributed by atoms with Crippen LogP contribution in [0.2, 0.25) is 5.02 Å². The van der Waals surface area contributed by atoms with Gasteiger partial charge in [0.2, 0.25) is 4.96 Å². The first-order chi connectivity index (χ1) is 11.3. The zero-order valence-corrected chi connectivity index (χ0v) is 13.5. The van der Waals surface area contributed by atoms with E-state index in [1.54, 1.807) is 10.9 Å². The molecule has 3 aromatic heterocycles. The van der Waals surface area contributed by atoms with Gasteiger partial charge in [-0.05, 0) is 37.1 Å². The number of aromatic nitrogens is 6. The molecule has 0 N–H and O–H groups in total. The number of hydrogen-bond acceptors (Lipinski definition) is 5. The van der Waals surface area contributed by atoms with Gasteiger partial charge in [0.05, 0.1) is 10.7 Å². The molecule has 0 radical (unpaired) electrons. The first-order valence-electron chi connectivity index (χ1n) is 7.32. The van der Waals surface area contributed by atoms with Crippen LogP contribution in [0.5, 0.6) is 0 Å². The molecule has 3 heterocycles. The van der Waals surface area contributed by atoms with Gasteiger partial charge in [-0.1, -0.05) is 22.9 Å². The molecule has 5 rings (SSSR count). The first kappa shape index (κ1) is 13.2. The van der Waals surface area contributed by atoms with E-state index in [1.165, 1.54) is 24.2 Å². The molecule has 6 nitrogen and oxygen atoms in total. The molecule has 4 aromatic rings. The Kier molecular flexibility index (Phi) is 2.80. The molecule has 0 spiro atoms. The summed E-state index contributed by atoms with van der Waals surface area (Å²) in [6.45, 7) is 0. The number of fused-ring (bicyclic) bond motifs is 1. The number of nitrogens with zero attached hydrogens (tertiary/aromatic N) is 6. The molecule has 0 bridgehead atoms. The monoisotopic (exact) mass is 342 g/mol. The molecule has 114 valence electrons. The third-order valence-electron chi connectivity index (χ3n) is 3.91. The maximum atomic E-state index is 6.39. The van der Waals surface area contributed by atoms with Crippen molar-refractivity contribution >= 4 is 27.9 Å². The minimum atomic E-state index is 0.505. The summed E-state index contributed by atoms with van der Waals surface area (Å²) in [4.78, 5) is 0.808. The molecule has 1 aliphatic rings. The second-order valence-corrected chi connectivity index (χ2v) is 6.91. The number of halogens is 1. The maximum absolute atomic E-state index is 6.39. The van der Waals surface area contributed by atoms with E-state index in [0.717, 1.165) is 27.0 Å². The highest BCUT2D eigenvalue weighted by Gasteiger charge is 2.30. The fourth-order valence-corrected chi connectivity index (χ4v) is 3.72. The van der Waals surface area contributed by atoms with Gasteiger partial charge in [-0.25, -0.2) is 4.68 Å². The zero-order valence-electron chi connectivity index (χ0n) is 11.9. The minimum absolute atomic E-state index is 0.505. The van der Waals surface area contributed by atoms with Gasteiger partial charge in [0.25, 0.3) is 0 Å². The molecule has 0 saturated heterocycles. The molecule has 0 aliphatic heterocycles. The third kappa shape index (κ3) is 2.15. The Labute approximate surface area is 140 Å². The van der Waals surface area contributed by atoms with Crippen LogP contribution in [0, 0.1) is 0 Å². The quantitative estimate of drug-likeness (QED) is 0.571. The average molecular weight is 343 g/mol. The fourth-order valence-electron chi connectivity index (χ4n) is 2.58. The normalized spacial score (nSPS) is 14.7. The maximum Gasteiger partial charge on any atom is 0.234 e. The van der Waals surface area contributed by atoms with Crippen LogP contribution in [0.25, 0.3) is 21.2 Å². The predicted molar refractivity (Wildman–Crippen MR) is 88.2 cm³/mol.